The van der Waals surface area contributed by atoms with Gasteiger partial charge in [-0.25, -0.2) is 9.59 Å². The summed E-state index contributed by atoms with van der Waals surface area (Å²) < 4.78 is 40.9. The second-order valence-electron chi connectivity index (χ2n) is 10.9. The summed E-state index contributed by atoms with van der Waals surface area (Å²) in [6.45, 7) is 6.81. The maximum atomic E-state index is 14.1. The molecular formula is C31H27F3N4O4. The molecule has 0 radical (unpaired) electrons. The molecule has 0 saturated carbocycles. The number of anilines is 1. The summed E-state index contributed by atoms with van der Waals surface area (Å²) in [7, 11) is 0. The van der Waals surface area contributed by atoms with Gasteiger partial charge in [0.25, 0.3) is 0 Å². The summed E-state index contributed by atoms with van der Waals surface area (Å²) in [6, 6.07) is 12.9. The lowest BCUT2D eigenvalue weighted by atomic mass is 9.88. The van der Waals surface area contributed by atoms with Gasteiger partial charge < -0.3 is 4.84 Å². The zero-order valence-electron chi connectivity index (χ0n) is 23.3. The molecule has 8 nitrogen and oxygen atoms in total. The van der Waals surface area contributed by atoms with Crippen LogP contribution in [-0.4, -0.2) is 27.8 Å². The first-order chi connectivity index (χ1) is 19.7. The number of carbonyl (C=O) groups excluding carboxylic acids is 3. The molecule has 2 aromatic carbocycles. The maximum absolute atomic E-state index is 14.1. The van der Waals surface area contributed by atoms with Gasteiger partial charge >= 0.3 is 18.2 Å². The van der Waals surface area contributed by atoms with E-state index in [1.807, 2.05) is 6.07 Å². The molecule has 0 fully saturated rings. The van der Waals surface area contributed by atoms with Crippen molar-refractivity contribution in [3.63, 3.8) is 0 Å². The van der Waals surface area contributed by atoms with Crippen molar-refractivity contribution in [3.8, 4) is 6.07 Å². The van der Waals surface area contributed by atoms with Crippen LogP contribution in [0, 0.1) is 16.7 Å². The van der Waals surface area contributed by atoms with Gasteiger partial charge in [0, 0.05) is 23.7 Å². The van der Waals surface area contributed by atoms with E-state index < -0.39 is 41.0 Å². The minimum Gasteiger partial charge on any atom is -0.336 e. The molecule has 1 aliphatic rings. The Hall–Kier alpha value is -4.98. The van der Waals surface area contributed by atoms with Crippen molar-refractivity contribution < 1.29 is 32.4 Å². The molecule has 216 valence electrons. The topological polar surface area (TPSA) is 104 Å². The summed E-state index contributed by atoms with van der Waals surface area (Å²) in [5, 5.41) is 10.0. The lowest BCUT2D eigenvalue weighted by molar-refractivity contribution is -0.185. The van der Waals surface area contributed by atoms with Crippen molar-refractivity contribution >= 4 is 23.5 Å². The number of rotatable bonds is 6. The number of amides is 2. The molecule has 1 aromatic heterocycles. The number of urea groups is 1. The molecular weight excluding hydrogens is 549 g/mol. The van der Waals surface area contributed by atoms with E-state index in [9.17, 15) is 32.8 Å². The fraction of sp³-hybridized carbons (Fsp3) is 0.258. The highest BCUT2D eigenvalue weighted by atomic mass is 19.4. The number of Topliss-reactive ketones (excluding diaryl/α,β-unsaturated/α-hetero) is 1. The number of nitriles is 1. The number of nitrogens with zero attached hydrogens (tertiary/aromatic N) is 4. The van der Waals surface area contributed by atoms with Crippen molar-refractivity contribution in [3.05, 3.63) is 107 Å². The van der Waals surface area contributed by atoms with Crippen molar-refractivity contribution in [1.29, 1.82) is 5.26 Å². The third-order valence-corrected chi connectivity index (χ3v) is 6.44. The number of hydrogen-bond acceptors (Lipinski definition) is 6. The Morgan fingerprint density at radius 2 is 1.74 bits per heavy atom. The number of alkyl halides is 3. The van der Waals surface area contributed by atoms with Crippen LogP contribution in [-0.2, 0) is 15.8 Å². The van der Waals surface area contributed by atoms with Gasteiger partial charge in [0.05, 0.1) is 34.9 Å². The van der Waals surface area contributed by atoms with E-state index in [0.29, 0.717) is 16.2 Å². The van der Waals surface area contributed by atoms with Gasteiger partial charge in [-0.2, -0.15) is 18.4 Å². The Balaban J connectivity index is 1.98. The highest BCUT2D eigenvalue weighted by Crippen LogP contribution is 2.42. The molecule has 0 saturated heterocycles. The predicted molar refractivity (Wildman–Crippen MR) is 146 cm³/mol. The third kappa shape index (κ3) is 6.33. The van der Waals surface area contributed by atoms with Gasteiger partial charge in [0.1, 0.15) is 6.04 Å². The van der Waals surface area contributed by atoms with Crippen LogP contribution >= 0.6 is 0 Å². The lowest BCUT2D eigenvalue weighted by Gasteiger charge is -2.41. The molecule has 42 heavy (non-hydrogen) atoms. The first-order valence-electron chi connectivity index (χ1n) is 12.9. The third-order valence-electron chi connectivity index (χ3n) is 6.44. The van der Waals surface area contributed by atoms with Gasteiger partial charge in [0.15, 0.2) is 5.78 Å². The SMILES string of the molecule is CC1=C(C(=O)c2cccnc2)C(c2ccc(C#N)cc2)N(OC(=O)CC(C)(C)C)C(=O)N1c1cccc(C(F)(F)F)c1. The Morgan fingerprint density at radius 3 is 2.31 bits per heavy atom. The van der Waals surface area contributed by atoms with Crippen molar-refractivity contribution in [2.24, 2.45) is 5.41 Å². The number of hydroxylamine groups is 2. The van der Waals surface area contributed by atoms with Crippen molar-refractivity contribution in [1.82, 2.24) is 10.0 Å². The van der Waals surface area contributed by atoms with E-state index in [1.54, 1.807) is 26.8 Å². The van der Waals surface area contributed by atoms with Crippen LogP contribution < -0.4 is 4.90 Å². The highest BCUT2D eigenvalue weighted by Gasteiger charge is 2.45. The van der Waals surface area contributed by atoms with Crippen LogP contribution in [0.4, 0.5) is 23.7 Å². The number of pyridine rings is 1. The van der Waals surface area contributed by atoms with Crippen LogP contribution in [0.15, 0.2) is 84.3 Å². The lowest BCUT2D eigenvalue weighted by Crippen LogP contribution is -2.51. The minimum atomic E-state index is -4.70. The van der Waals surface area contributed by atoms with Gasteiger partial charge in [-0.05, 0) is 60.4 Å². The number of allylic oxidation sites excluding steroid dienone is 1. The fourth-order valence-corrected chi connectivity index (χ4v) is 4.56. The van der Waals surface area contributed by atoms with Gasteiger partial charge in [-0.3, -0.25) is 14.7 Å². The van der Waals surface area contributed by atoms with Crippen LogP contribution in [0.5, 0.6) is 0 Å². The van der Waals surface area contributed by atoms with Gasteiger partial charge in [-0.15, -0.1) is 5.06 Å². The van der Waals surface area contributed by atoms with E-state index >= 15 is 0 Å². The largest absolute Gasteiger partial charge is 0.416 e. The normalized spacial score (nSPS) is 15.9. The van der Waals surface area contributed by atoms with Crippen molar-refractivity contribution in [2.45, 2.75) is 46.3 Å². The van der Waals surface area contributed by atoms with E-state index in [0.717, 1.165) is 23.1 Å². The summed E-state index contributed by atoms with van der Waals surface area (Å²) in [4.78, 5) is 51.8. The Morgan fingerprint density at radius 1 is 1.05 bits per heavy atom. The van der Waals surface area contributed by atoms with Gasteiger partial charge in [-0.1, -0.05) is 39.0 Å². The molecule has 0 aliphatic carbocycles. The zero-order chi connectivity index (χ0) is 30.8. The number of aromatic nitrogens is 1. The molecule has 0 bridgehead atoms. The monoisotopic (exact) mass is 576 g/mol. The maximum Gasteiger partial charge on any atom is 0.416 e. The van der Waals surface area contributed by atoms with Crippen LogP contribution in [0.25, 0.3) is 0 Å². The average Bonchev–Trinajstić information content (AvgIpc) is 2.93. The average molecular weight is 577 g/mol. The van der Waals surface area contributed by atoms with Crippen LogP contribution in [0.2, 0.25) is 0 Å². The molecule has 1 unspecified atom stereocenters. The Kier molecular flexibility index (Phi) is 8.20. The molecule has 2 heterocycles. The number of hydrogen-bond donors (Lipinski definition) is 0. The van der Waals surface area contributed by atoms with E-state index in [1.165, 1.54) is 55.7 Å². The fourth-order valence-electron chi connectivity index (χ4n) is 4.56. The summed E-state index contributed by atoms with van der Waals surface area (Å²) in [6.07, 6.45) is -2.02. The van der Waals surface area contributed by atoms with Gasteiger partial charge in [0.2, 0.25) is 0 Å². The molecule has 0 N–H and O–H groups in total. The van der Waals surface area contributed by atoms with E-state index in [4.69, 9.17) is 4.84 Å². The number of benzene rings is 2. The highest BCUT2D eigenvalue weighted by molar-refractivity contribution is 6.13. The number of carbonyl (C=O) groups is 3. The molecule has 4 rings (SSSR count). The molecule has 3 aromatic rings. The summed E-state index contributed by atoms with van der Waals surface area (Å²) in [5.74, 6) is -1.37. The molecule has 2 amide bonds. The summed E-state index contributed by atoms with van der Waals surface area (Å²) in [5.41, 5.74) is -0.931. The number of ketones is 1. The molecule has 1 atom stereocenters. The predicted octanol–water partition coefficient (Wildman–Crippen LogP) is 7.01. The van der Waals surface area contributed by atoms with E-state index in [-0.39, 0.29) is 28.9 Å². The molecule has 1 aliphatic heterocycles. The molecule has 0 spiro atoms. The first kappa shape index (κ1) is 30.0. The number of halogens is 3. The smallest absolute Gasteiger partial charge is 0.336 e. The van der Waals surface area contributed by atoms with E-state index in [2.05, 4.69) is 4.98 Å². The zero-order valence-corrected chi connectivity index (χ0v) is 23.3. The first-order valence-corrected chi connectivity index (χ1v) is 12.9. The minimum absolute atomic E-state index is 0.0330. The second kappa shape index (κ2) is 11.5. The Bertz CT molecular complexity index is 1590. The van der Waals surface area contributed by atoms with Crippen LogP contribution in [0.3, 0.4) is 0 Å². The molecule has 11 heteroatoms. The standard InChI is InChI=1S/C31H27F3N4O4/c1-19-26(28(40)22-7-6-14-36-18-22)27(21-12-10-20(17-35)11-13-21)38(42-25(39)16-30(2,3)4)29(41)37(19)24-9-5-8-23(15-24)31(32,33)34/h5-15,18,27H,16H2,1-4H3. The summed E-state index contributed by atoms with van der Waals surface area (Å²) >= 11 is 0. The quantitative estimate of drug-likeness (QED) is 0.293. The van der Waals surface area contributed by atoms with Crippen LogP contribution in [0.1, 0.15) is 67.2 Å². The van der Waals surface area contributed by atoms with Crippen molar-refractivity contribution in [2.75, 3.05) is 4.90 Å². The Labute approximate surface area is 240 Å². The second-order valence-corrected chi connectivity index (χ2v) is 10.9.